The zero-order valence-corrected chi connectivity index (χ0v) is 14.6. The molecule has 194 valence electrons. The lowest BCUT2D eigenvalue weighted by atomic mass is 10.1. The fourth-order valence-electron chi connectivity index (χ4n) is 1.45. The molecule has 0 aromatic heterocycles. The van der Waals surface area contributed by atoms with Gasteiger partial charge in [0, 0.05) is 13.0 Å². The third-order valence-corrected chi connectivity index (χ3v) is 3.00. The first-order valence-corrected chi connectivity index (χ1v) is 7.43. The van der Waals surface area contributed by atoms with Crippen molar-refractivity contribution in [3.63, 3.8) is 0 Å². The van der Waals surface area contributed by atoms with Crippen molar-refractivity contribution in [3.8, 4) is 0 Å². The van der Waals surface area contributed by atoms with Crippen LogP contribution in [0.15, 0.2) is 0 Å². The number of rotatable bonds is 13. The molecule has 1 N–H and O–H groups in total. The molecule has 0 unspecified atom stereocenters. The summed E-state index contributed by atoms with van der Waals surface area (Å²) in [6, 6.07) is 0. The SMILES string of the molecule is OCC[C@H](F)COCC(F)(F)OC(F)(F)C(F)(F)OC(F)(F)C(F)(F)C(F)(F)C(F)(F)F. The average Bonchev–Trinajstić information content (AvgIpc) is 2.51. The van der Waals surface area contributed by atoms with Crippen molar-refractivity contribution in [1.29, 1.82) is 0 Å². The molecule has 0 saturated carbocycles. The van der Waals surface area contributed by atoms with Crippen LogP contribution in [0, 0.1) is 0 Å². The molecule has 0 saturated heterocycles. The van der Waals surface area contributed by atoms with Gasteiger partial charge in [-0.2, -0.15) is 65.9 Å². The second-order valence-corrected chi connectivity index (χ2v) is 5.66. The number of hydrogen-bond donors (Lipinski definition) is 1. The van der Waals surface area contributed by atoms with E-state index >= 15 is 0 Å². The summed E-state index contributed by atoms with van der Waals surface area (Å²) in [5.41, 5.74) is 0. The Morgan fingerprint density at radius 2 is 1.06 bits per heavy atom. The van der Waals surface area contributed by atoms with Gasteiger partial charge in [-0.05, 0) is 0 Å². The lowest BCUT2D eigenvalue weighted by Gasteiger charge is -2.36. The van der Waals surface area contributed by atoms with Crippen molar-refractivity contribution in [2.75, 3.05) is 19.8 Å². The zero-order valence-electron chi connectivity index (χ0n) is 14.6. The summed E-state index contributed by atoms with van der Waals surface area (Å²) in [6.45, 7) is -4.71. The predicted octanol–water partition coefficient (Wildman–Crippen LogP) is 4.96. The molecule has 1 atom stereocenters. The van der Waals surface area contributed by atoms with Gasteiger partial charge in [-0.15, -0.1) is 0 Å². The van der Waals surface area contributed by atoms with E-state index in [1.54, 1.807) is 0 Å². The van der Waals surface area contributed by atoms with Crippen LogP contribution in [0.4, 0.5) is 70.2 Å². The molecule has 20 heteroatoms. The van der Waals surface area contributed by atoms with Crippen LogP contribution in [0.2, 0.25) is 0 Å². The Labute approximate surface area is 166 Å². The molecule has 0 radical (unpaired) electrons. The predicted molar refractivity (Wildman–Crippen MR) is 65.3 cm³/mol. The van der Waals surface area contributed by atoms with Crippen LogP contribution in [0.5, 0.6) is 0 Å². The largest absolute Gasteiger partial charge is 0.460 e. The van der Waals surface area contributed by atoms with Crippen LogP contribution in [0.25, 0.3) is 0 Å². The minimum Gasteiger partial charge on any atom is -0.396 e. The number of ether oxygens (including phenoxy) is 3. The Bertz CT molecular complexity index is 604. The lowest BCUT2D eigenvalue weighted by Crippen LogP contribution is -2.64. The molecule has 0 aromatic carbocycles. The molecule has 0 heterocycles. The van der Waals surface area contributed by atoms with Gasteiger partial charge in [-0.25, -0.2) is 13.9 Å². The molecule has 0 aromatic rings. The fraction of sp³-hybridized carbons (Fsp3) is 1.00. The van der Waals surface area contributed by atoms with Crippen molar-refractivity contribution >= 4 is 0 Å². The maximum absolute atomic E-state index is 13.1. The normalized spacial score (nSPS) is 16.4. The minimum atomic E-state index is -7.94. The van der Waals surface area contributed by atoms with Crippen LogP contribution in [-0.4, -0.2) is 73.6 Å². The van der Waals surface area contributed by atoms with Crippen molar-refractivity contribution < 1.29 is 89.6 Å². The van der Waals surface area contributed by atoms with Crippen LogP contribution >= 0.6 is 0 Å². The molecule has 4 nitrogen and oxygen atoms in total. The second-order valence-electron chi connectivity index (χ2n) is 5.66. The minimum absolute atomic E-state index is 0.722. The van der Waals surface area contributed by atoms with Gasteiger partial charge in [0.1, 0.15) is 12.8 Å². The topological polar surface area (TPSA) is 47.9 Å². The molecule has 0 fully saturated rings. The van der Waals surface area contributed by atoms with Crippen molar-refractivity contribution in [3.05, 3.63) is 0 Å². The molecule has 32 heavy (non-hydrogen) atoms. The second kappa shape index (κ2) is 9.53. The van der Waals surface area contributed by atoms with Crippen molar-refractivity contribution in [1.82, 2.24) is 0 Å². The van der Waals surface area contributed by atoms with Gasteiger partial charge in [0.05, 0.1) is 6.61 Å². The van der Waals surface area contributed by atoms with Gasteiger partial charge < -0.3 is 9.84 Å². The Hall–Kier alpha value is -1.28. The highest BCUT2D eigenvalue weighted by atomic mass is 19.4. The van der Waals surface area contributed by atoms with Crippen molar-refractivity contribution in [2.24, 2.45) is 0 Å². The van der Waals surface area contributed by atoms with Gasteiger partial charge in [-0.1, -0.05) is 0 Å². The summed E-state index contributed by atoms with van der Waals surface area (Å²) >= 11 is 0. The maximum atomic E-state index is 13.1. The van der Waals surface area contributed by atoms with Gasteiger partial charge in [-0.3, -0.25) is 0 Å². The first kappa shape index (κ1) is 30.7. The van der Waals surface area contributed by atoms with E-state index in [1.165, 1.54) is 4.74 Å². The smallest absolute Gasteiger partial charge is 0.396 e. The van der Waals surface area contributed by atoms with Crippen LogP contribution in [0.1, 0.15) is 6.42 Å². The molecule has 0 aliphatic rings. The van der Waals surface area contributed by atoms with Crippen LogP contribution in [0.3, 0.4) is 0 Å². The quantitative estimate of drug-likeness (QED) is 0.348. The lowest BCUT2D eigenvalue weighted by molar-refractivity contribution is -0.543. The summed E-state index contributed by atoms with van der Waals surface area (Å²) < 4.78 is 211. The highest BCUT2D eigenvalue weighted by Crippen LogP contribution is 2.55. The Balaban J connectivity index is 5.53. The van der Waals surface area contributed by atoms with Gasteiger partial charge >= 0.3 is 42.5 Å². The highest BCUT2D eigenvalue weighted by Gasteiger charge is 2.85. The number of hydrogen-bond acceptors (Lipinski definition) is 4. The van der Waals surface area contributed by atoms with E-state index in [4.69, 9.17) is 5.11 Å². The fourth-order valence-corrected chi connectivity index (χ4v) is 1.45. The standard InChI is InChI=1S/C12H10F16O4/c13-5(1-2-29)3-30-4-6(14,15)31-11(25,26)12(27,28)32-10(23,24)8(18,19)7(16,17)9(20,21)22/h5,29H,1-4H2/t5-/m0/s1. The summed E-state index contributed by atoms with van der Waals surface area (Å²) in [5, 5.41) is 8.29. The van der Waals surface area contributed by atoms with Crippen LogP contribution < -0.4 is 0 Å². The molecule has 0 bridgehead atoms. The molecule has 0 spiro atoms. The number of aliphatic hydroxyl groups is 1. The van der Waals surface area contributed by atoms with E-state index in [9.17, 15) is 70.2 Å². The first-order chi connectivity index (χ1) is 13.9. The van der Waals surface area contributed by atoms with Gasteiger partial charge in [0.2, 0.25) is 0 Å². The number of alkyl halides is 16. The van der Waals surface area contributed by atoms with E-state index in [0.29, 0.717) is 0 Å². The summed E-state index contributed by atoms with van der Waals surface area (Å²) in [6.07, 6.45) is -38.2. The van der Waals surface area contributed by atoms with E-state index < -0.39 is 74.9 Å². The molecule has 0 aliphatic heterocycles. The third-order valence-electron chi connectivity index (χ3n) is 3.00. The Morgan fingerprint density at radius 3 is 1.47 bits per heavy atom. The maximum Gasteiger partial charge on any atom is 0.460 e. The molecular weight excluding hydrogens is 512 g/mol. The summed E-state index contributed by atoms with van der Waals surface area (Å²) in [7, 11) is 0. The first-order valence-electron chi connectivity index (χ1n) is 7.43. The van der Waals surface area contributed by atoms with Gasteiger partial charge in [0.25, 0.3) is 0 Å². The number of halogens is 16. The van der Waals surface area contributed by atoms with Crippen LogP contribution in [-0.2, 0) is 14.2 Å². The van der Waals surface area contributed by atoms with E-state index in [1.807, 2.05) is 0 Å². The molecule has 0 amide bonds. The zero-order chi connectivity index (χ0) is 26.0. The van der Waals surface area contributed by atoms with E-state index in [-0.39, 0.29) is 0 Å². The van der Waals surface area contributed by atoms with E-state index in [2.05, 4.69) is 9.47 Å². The Kier molecular flexibility index (Phi) is 9.15. The monoisotopic (exact) mass is 522 g/mol. The van der Waals surface area contributed by atoms with E-state index in [0.717, 1.165) is 0 Å². The summed E-state index contributed by atoms with van der Waals surface area (Å²) in [5.74, 6) is -15.8. The van der Waals surface area contributed by atoms with Crippen molar-refractivity contribution in [2.45, 2.75) is 55.0 Å². The Morgan fingerprint density at radius 1 is 0.625 bits per heavy atom. The number of aliphatic hydroxyl groups excluding tert-OH is 1. The van der Waals surface area contributed by atoms with Gasteiger partial charge in [0.15, 0.2) is 0 Å². The summed E-state index contributed by atoms with van der Waals surface area (Å²) in [4.78, 5) is 0. The molecule has 0 aliphatic carbocycles. The molecule has 0 rings (SSSR count). The highest BCUT2D eigenvalue weighted by molar-refractivity contribution is 4.97. The third kappa shape index (κ3) is 6.86. The molecular formula is C12H10F16O4. The average molecular weight is 522 g/mol.